The lowest BCUT2D eigenvalue weighted by molar-refractivity contribution is 0.122. The number of pyridine rings is 1. The molecule has 0 unspecified atom stereocenters. The fourth-order valence-corrected chi connectivity index (χ4v) is 3.11. The van der Waals surface area contributed by atoms with Gasteiger partial charge in [-0.1, -0.05) is 12.1 Å². The normalized spacial score (nSPS) is 14.4. The van der Waals surface area contributed by atoms with E-state index in [0.717, 1.165) is 55.7 Å². The van der Waals surface area contributed by atoms with E-state index in [0.29, 0.717) is 6.54 Å². The van der Waals surface area contributed by atoms with E-state index >= 15 is 0 Å². The monoisotopic (exact) mass is 371 g/mol. The van der Waals surface area contributed by atoms with E-state index in [1.165, 1.54) is 5.56 Å². The van der Waals surface area contributed by atoms with E-state index in [4.69, 9.17) is 14.2 Å². The summed E-state index contributed by atoms with van der Waals surface area (Å²) < 4.78 is 16.9. The van der Waals surface area contributed by atoms with Gasteiger partial charge in [-0.3, -0.25) is 0 Å². The molecule has 2 heterocycles. The molecule has 1 fully saturated rings. The first-order valence-electron chi connectivity index (χ1n) is 9.48. The van der Waals surface area contributed by atoms with Crippen LogP contribution in [0.4, 0.5) is 5.82 Å². The van der Waals surface area contributed by atoms with E-state index in [2.05, 4.69) is 27.3 Å². The second-order valence-electron chi connectivity index (χ2n) is 6.84. The summed E-state index contributed by atoms with van der Waals surface area (Å²) in [6, 6.07) is 10.2. The lowest BCUT2D eigenvalue weighted by atomic mass is 10.1. The highest BCUT2D eigenvalue weighted by atomic mass is 16.5. The molecule has 3 rings (SSSR count). The summed E-state index contributed by atoms with van der Waals surface area (Å²) in [5.41, 5.74) is 2.30. The Morgan fingerprint density at radius 3 is 2.74 bits per heavy atom. The molecule has 0 bridgehead atoms. The molecule has 0 spiro atoms. The van der Waals surface area contributed by atoms with Gasteiger partial charge in [0, 0.05) is 37.9 Å². The molecule has 146 valence electrons. The first-order chi connectivity index (χ1) is 13.2. The maximum atomic E-state index is 5.98. The highest BCUT2D eigenvalue weighted by Crippen LogP contribution is 2.32. The minimum absolute atomic E-state index is 0.0938. The van der Waals surface area contributed by atoms with Gasteiger partial charge in [-0.05, 0) is 37.6 Å². The molecular formula is C21H29N3O3. The number of methoxy groups -OCH3 is 1. The lowest BCUT2D eigenvalue weighted by Gasteiger charge is -2.28. The average Bonchev–Trinajstić information content (AvgIpc) is 2.69. The second kappa shape index (κ2) is 9.58. The third-order valence-electron chi connectivity index (χ3n) is 4.42. The van der Waals surface area contributed by atoms with Gasteiger partial charge in [-0.15, -0.1) is 0 Å². The fourth-order valence-electron chi connectivity index (χ4n) is 3.11. The van der Waals surface area contributed by atoms with Crippen molar-refractivity contribution in [2.45, 2.75) is 33.0 Å². The van der Waals surface area contributed by atoms with Gasteiger partial charge in [0.05, 0.1) is 26.4 Å². The Morgan fingerprint density at radius 2 is 2.00 bits per heavy atom. The number of hydrogen-bond donors (Lipinski definition) is 1. The van der Waals surface area contributed by atoms with Crippen molar-refractivity contribution in [3.05, 3.63) is 47.7 Å². The third kappa shape index (κ3) is 5.34. The van der Waals surface area contributed by atoms with Crippen molar-refractivity contribution in [1.29, 1.82) is 0 Å². The largest absolute Gasteiger partial charge is 0.493 e. The lowest BCUT2D eigenvalue weighted by Crippen LogP contribution is -2.36. The van der Waals surface area contributed by atoms with Crippen LogP contribution in [0.5, 0.6) is 11.5 Å². The molecule has 0 aliphatic carbocycles. The van der Waals surface area contributed by atoms with Crippen LogP contribution in [0.1, 0.15) is 25.0 Å². The van der Waals surface area contributed by atoms with Gasteiger partial charge in [0.15, 0.2) is 11.5 Å². The summed E-state index contributed by atoms with van der Waals surface area (Å²) in [6.45, 7) is 8.82. The summed E-state index contributed by atoms with van der Waals surface area (Å²) >= 11 is 0. The first-order valence-corrected chi connectivity index (χ1v) is 9.48. The van der Waals surface area contributed by atoms with Crippen LogP contribution < -0.4 is 19.7 Å². The van der Waals surface area contributed by atoms with Crippen molar-refractivity contribution in [1.82, 2.24) is 10.3 Å². The quantitative estimate of drug-likeness (QED) is 0.770. The Balaban J connectivity index is 1.63. The molecule has 1 saturated heterocycles. The first kappa shape index (κ1) is 19.5. The van der Waals surface area contributed by atoms with Gasteiger partial charge >= 0.3 is 0 Å². The number of nitrogens with one attached hydrogen (secondary N) is 1. The van der Waals surface area contributed by atoms with Gasteiger partial charge in [0.25, 0.3) is 0 Å². The van der Waals surface area contributed by atoms with Crippen molar-refractivity contribution in [3.63, 3.8) is 0 Å². The molecule has 27 heavy (non-hydrogen) atoms. The number of morpholine rings is 1. The van der Waals surface area contributed by atoms with Crippen LogP contribution in [0.2, 0.25) is 0 Å². The van der Waals surface area contributed by atoms with Gasteiger partial charge in [0.1, 0.15) is 5.82 Å². The molecule has 2 aromatic rings. The van der Waals surface area contributed by atoms with Gasteiger partial charge in [0.2, 0.25) is 0 Å². The van der Waals surface area contributed by atoms with E-state index < -0.39 is 0 Å². The van der Waals surface area contributed by atoms with Crippen LogP contribution in [0.15, 0.2) is 36.5 Å². The minimum atomic E-state index is 0.0938. The number of anilines is 1. The fraction of sp³-hybridized carbons (Fsp3) is 0.476. The van der Waals surface area contributed by atoms with Crippen LogP contribution in [0, 0.1) is 0 Å². The number of para-hydroxylation sites is 1. The zero-order valence-corrected chi connectivity index (χ0v) is 16.4. The molecule has 1 aliphatic heterocycles. The van der Waals surface area contributed by atoms with Crippen LogP contribution in [0.25, 0.3) is 0 Å². The molecule has 0 atom stereocenters. The Morgan fingerprint density at radius 1 is 1.19 bits per heavy atom. The molecule has 0 saturated carbocycles. The highest BCUT2D eigenvalue weighted by molar-refractivity contribution is 5.47. The van der Waals surface area contributed by atoms with Crippen molar-refractivity contribution in [2.75, 3.05) is 38.3 Å². The van der Waals surface area contributed by atoms with Crippen LogP contribution in [-0.4, -0.2) is 44.5 Å². The molecule has 1 aromatic carbocycles. The topological polar surface area (TPSA) is 55.9 Å². The van der Waals surface area contributed by atoms with Crippen LogP contribution >= 0.6 is 0 Å². The molecule has 1 N–H and O–H groups in total. The zero-order valence-electron chi connectivity index (χ0n) is 16.4. The summed E-state index contributed by atoms with van der Waals surface area (Å²) in [6.07, 6.45) is 1.97. The Bertz CT molecular complexity index is 730. The second-order valence-corrected chi connectivity index (χ2v) is 6.84. The number of aromatic nitrogens is 1. The predicted octanol–water partition coefficient (Wildman–Crippen LogP) is 3.00. The van der Waals surface area contributed by atoms with Crippen LogP contribution in [0.3, 0.4) is 0 Å². The Kier molecular flexibility index (Phi) is 6.90. The molecule has 1 aromatic heterocycles. The third-order valence-corrected chi connectivity index (χ3v) is 4.42. The number of ether oxygens (including phenoxy) is 3. The summed E-state index contributed by atoms with van der Waals surface area (Å²) in [7, 11) is 1.67. The Hall–Kier alpha value is -2.31. The number of nitrogens with zero attached hydrogens (tertiary/aromatic N) is 2. The minimum Gasteiger partial charge on any atom is -0.493 e. The zero-order chi connectivity index (χ0) is 19.1. The van der Waals surface area contributed by atoms with Crippen LogP contribution in [-0.2, 0) is 17.8 Å². The maximum Gasteiger partial charge on any atom is 0.166 e. The molecule has 6 nitrogen and oxygen atoms in total. The van der Waals surface area contributed by atoms with Crippen molar-refractivity contribution >= 4 is 5.82 Å². The summed E-state index contributed by atoms with van der Waals surface area (Å²) in [5.74, 6) is 2.59. The van der Waals surface area contributed by atoms with Gasteiger partial charge in [-0.25, -0.2) is 4.98 Å². The molecular weight excluding hydrogens is 342 g/mol. The summed E-state index contributed by atoms with van der Waals surface area (Å²) in [5, 5.41) is 3.51. The molecule has 6 heteroatoms. The van der Waals surface area contributed by atoms with E-state index in [-0.39, 0.29) is 6.10 Å². The Labute approximate surface area is 161 Å². The van der Waals surface area contributed by atoms with Crippen molar-refractivity contribution in [3.8, 4) is 11.5 Å². The molecule has 0 amide bonds. The molecule has 0 radical (unpaired) electrons. The number of benzene rings is 1. The van der Waals surface area contributed by atoms with E-state index in [1.807, 2.05) is 38.2 Å². The SMILES string of the molecule is COc1cccc(CNCc2ccnc(N3CCOCC3)c2)c1OC(C)C. The highest BCUT2D eigenvalue weighted by Gasteiger charge is 2.14. The van der Waals surface area contributed by atoms with E-state index in [1.54, 1.807) is 7.11 Å². The van der Waals surface area contributed by atoms with Crippen molar-refractivity contribution < 1.29 is 14.2 Å². The number of rotatable bonds is 8. The maximum absolute atomic E-state index is 5.98. The smallest absolute Gasteiger partial charge is 0.166 e. The van der Waals surface area contributed by atoms with Gasteiger partial charge in [-0.2, -0.15) is 0 Å². The summed E-state index contributed by atoms with van der Waals surface area (Å²) in [4.78, 5) is 6.77. The average molecular weight is 371 g/mol. The van der Waals surface area contributed by atoms with E-state index in [9.17, 15) is 0 Å². The van der Waals surface area contributed by atoms with Gasteiger partial charge < -0.3 is 24.4 Å². The predicted molar refractivity (Wildman–Crippen MR) is 107 cm³/mol. The standard InChI is InChI=1S/C21H29N3O3/c1-16(2)27-21-18(5-4-6-19(21)25-3)15-22-14-17-7-8-23-20(13-17)24-9-11-26-12-10-24/h4-8,13,16,22H,9-12,14-15H2,1-3H3. The van der Waals surface area contributed by atoms with Crippen molar-refractivity contribution in [2.24, 2.45) is 0 Å². The molecule has 1 aliphatic rings. The number of hydrogen-bond acceptors (Lipinski definition) is 6.